The SMILES string of the molecule is O=C(CN1CCc2sccc2[C@@H]1c1cccs1)NCCSc1ccccc1. The van der Waals surface area contributed by atoms with Crippen LogP contribution in [0.5, 0.6) is 0 Å². The molecular formula is C21H22N2OS3. The highest BCUT2D eigenvalue weighted by Crippen LogP contribution is 2.39. The summed E-state index contributed by atoms with van der Waals surface area (Å²) < 4.78 is 0. The van der Waals surface area contributed by atoms with E-state index in [0.29, 0.717) is 13.1 Å². The van der Waals surface area contributed by atoms with Crippen molar-refractivity contribution in [2.45, 2.75) is 17.4 Å². The lowest BCUT2D eigenvalue weighted by Gasteiger charge is -2.34. The Bertz CT molecular complexity index is 861. The van der Waals surface area contributed by atoms with Crippen LogP contribution < -0.4 is 5.32 Å². The van der Waals surface area contributed by atoms with Gasteiger partial charge in [0.15, 0.2) is 0 Å². The molecule has 3 aromatic rings. The van der Waals surface area contributed by atoms with Gasteiger partial charge in [0.25, 0.3) is 0 Å². The molecular weight excluding hydrogens is 392 g/mol. The zero-order valence-corrected chi connectivity index (χ0v) is 17.4. The maximum absolute atomic E-state index is 12.5. The van der Waals surface area contributed by atoms with Crippen molar-refractivity contribution in [1.82, 2.24) is 10.2 Å². The van der Waals surface area contributed by atoms with Gasteiger partial charge < -0.3 is 5.32 Å². The van der Waals surface area contributed by atoms with Crippen molar-refractivity contribution in [3.63, 3.8) is 0 Å². The largest absolute Gasteiger partial charge is 0.354 e. The third-order valence-electron chi connectivity index (χ3n) is 4.66. The number of fused-ring (bicyclic) bond motifs is 1. The van der Waals surface area contributed by atoms with Crippen molar-refractivity contribution in [3.05, 3.63) is 74.6 Å². The molecule has 3 heterocycles. The molecule has 0 aliphatic carbocycles. The van der Waals surface area contributed by atoms with Gasteiger partial charge in [-0.05, 0) is 47.0 Å². The number of rotatable bonds is 7. The maximum atomic E-state index is 12.5. The highest BCUT2D eigenvalue weighted by atomic mass is 32.2. The number of nitrogens with one attached hydrogen (secondary N) is 1. The molecule has 1 aliphatic rings. The van der Waals surface area contributed by atoms with Crippen LogP contribution in [0, 0.1) is 0 Å². The molecule has 1 aromatic carbocycles. The molecule has 1 N–H and O–H groups in total. The molecule has 0 fully saturated rings. The molecule has 0 saturated carbocycles. The first-order chi connectivity index (χ1) is 13.3. The third kappa shape index (κ3) is 4.63. The summed E-state index contributed by atoms with van der Waals surface area (Å²) in [5, 5.41) is 7.38. The summed E-state index contributed by atoms with van der Waals surface area (Å²) in [6, 6.07) is 17.0. The molecule has 140 valence electrons. The van der Waals surface area contributed by atoms with Gasteiger partial charge in [-0.3, -0.25) is 9.69 Å². The monoisotopic (exact) mass is 414 g/mol. The molecule has 0 radical (unpaired) electrons. The van der Waals surface area contributed by atoms with E-state index in [0.717, 1.165) is 18.7 Å². The summed E-state index contributed by atoms with van der Waals surface area (Å²) in [5.41, 5.74) is 1.38. The number of carbonyl (C=O) groups is 1. The lowest BCUT2D eigenvalue weighted by atomic mass is 9.98. The Hall–Kier alpha value is -1.60. The second-order valence-corrected chi connectivity index (χ2v) is 9.60. The first kappa shape index (κ1) is 18.7. The summed E-state index contributed by atoms with van der Waals surface area (Å²) in [4.78, 5) is 18.9. The average Bonchev–Trinajstić information content (AvgIpc) is 3.38. The van der Waals surface area contributed by atoms with Gasteiger partial charge in [0.1, 0.15) is 0 Å². The summed E-state index contributed by atoms with van der Waals surface area (Å²) in [5.74, 6) is 1.00. The predicted octanol–water partition coefficient (Wildman–Crippen LogP) is 4.67. The fourth-order valence-corrected chi connectivity index (χ4v) is 6.00. The standard InChI is InChI=1S/C21H22N2OS3/c24-20(22-10-14-25-16-5-2-1-3-6-16)15-23-11-8-18-17(9-13-27-18)21(23)19-7-4-12-26-19/h1-7,9,12-13,21H,8,10-11,14-15H2,(H,22,24)/t21-/m1/s1. The van der Waals surface area contributed by atoms with E-state index < -0.39 is 0 Å². The molecule has 27 heavy (non-hydrogen) atoms. The number of carbonyl (C=O) groups excluding carboxylic acids is 1. The minimum atomic E-state index is 0.115. The van der Waals surface area contributed by atoms with Crippen molar-refractivity contribution in [3.8, 4) is 0 Å². The number of hydrogen-bond donors (Lipinski definition) is 1. The second-order valence-electron chi connectivity index (χ2n) is 6.45. The van der Waals surface area contributed by atoms with Gasteiger partial charge in [-0.1, -0.05) is 24.3 Å². The highest BCUT2D eigenvalue weighted by Gasteiger charge is 2.31. The fourth-order valence-electron chi connectivity index (χ4n) is 3.44. The van der Waals surface area contributed by atoms with Gasteiger partial charge in [0, 0.05) is 33.5 Å². The van der Waals surface area contributed by atoms with E-state index in [1.807, 2.05) is 29.5 Å². The first-order valence-electron chi connectivity index (χ1n) is 9.09. The van der Waals surface area contributed by atoms with E-state index in [4.69, 9.17) is 0 Å². The van der Waals surface area contributed by atoms with Crippen LogP contribution in [-0.4, -0.2) is 36.2 Å². The summed E-state index contributed by atoms with van der Waals surface area (Å²) in [7, 11) is 0. The lowest BCUT2D eigenvalue weighted by molar-refractivity contribution is -0.122. The predicted molar refractivity (Wildman–Crippen MR) is 116 cm³/mol. The quantitative estimate of drug-likeness (QED) is 0.451. The fraction of sp³-hybridized carbons (Fsp3) is 0.286. The van der Waals surface area contributed by atoms with Gasteiger partial charge in [-0.2, -0.15) is 0 Å². The molecule has 4 rings (SSSR count). The van der Waals surface area contributed by atoms with Gasteiger partial charge in [0.05, 0.1) is 12.6 Å². The van der Waals surface area contributed by atoms with E-state index in [1.165, 1.54) is 20.2 Å². The van der Waals surface area contributed by atoms with Crippen molar-refractivity contribution >= 4 is 40.3 Å². The number of hydrogen-bond acceptors (Lipinski definition) is 5. The zero-order chi connectivity index (χ0) is 18.5. The van der Waals surface area contributed by atoms with E-state index in [-0.39, 0.29) is 11.9 Å². The van der Waals surface area contributed by atoms with Crippen LogP contribution >= 0.6 is 34.4 Å². The van der Waals surface area contributed by atoms with E-state index in [9.17, 15) is 4.79 Å². The summed E-state index contributed by atoms with van der Waals surface area (Å²) >= 11 is 5.38. The third-order valence-corrected chi connectivity index (χ3v) is 7.60. The molecule has 1 aliphatic heterocycles. The Kier molecular flexibility index (Phi) is 6.29. The van der Waals surface area contributed by atoms with E-state index in [1.54, 1.807) is 23.1 Å². The minimum Gasteiger partial charge on any atom is -0.354 e. The Balaban J connectivity index is 1.33. The van der Waals surface area contributed by atoms with Crippen molar-refractivity contribution in [1.29, 1.82) is 0 Å². The smallest absolute Gasteiger partial charge is 0.234 e. The molecule has 0 bridgehead atoms. The Labute approximate surface area is 172 Å². The van der Waals surface area contributed by atoms with Crippen molar-refractivity contribution in [2.75, 3.05) is 25.4 Å². The van der Waals surface area contributed by atoms with Crippen molar-refractivity contribution < 1.29 is 4.79 Å². The molecule has 3 nitrogen and oxygen atoms in total. The zero-order valence-electron chi connectivity index (χ0n) is 15.0. The number of amides is 1. The highest BCUT2D eigenvalue weighted by molar-refractivity contribution is 7.99. The van der Waals surface area contributed by atoms with Crippen LogP contribution in [0.1, 0.15) is 21.4 Å². The number of nitrogens with zero attached hydrogens (tertiary/aromatic N) is 1. The van der Waals surface area contributed by atoms with Crippen LogP contribution in [0.15, 0.2) is 64.2 Å². The van der Waals surface area contributed by atoms with Crippen LogP contribution in [-0.2, 0) is 11.2 Å². The minimum absolute atomic E-state index is 0.115. The van der Waals surface area contributed by atoms with Gasteiger partial charge in [0.2, 0.25) is 5.91 Å². The van der Waals surface area contributed by atoms with Crippen LogP contribution in [0.4, 0.5) is 0 Å². The molecule has 1 atom stereocenters. The van der Waals surface area contributed by atoms with E-state index in [2.05, 4.69) is 51.3 Å². The lowest BCUT2D eigenvalue weighted by Crippen LogP contribution is -2.42. The Morgan fingerprint density at radius 3 is 2.81 bits per heavy atom. The normalized spacial score (nSPS) is 16.8. The van der Waals surface area contributed by atoms with Crippen LogP contribution in [0.3, 0.4) is 0 Å². The van der Waals surface area contributed by atoms with Crippen LogP contribution in [0.2, 0.25) is 0 Å². The maximum Gasteiger partial charge on any atom is 0.234 e. The number of thioether (sulfide) groups is 1. The van der Waals surface area contributed by atoms with Gasteiger partial charge in [-0.25, -0.2) is 0 Å². The van der Waals surface area contributed by atoms with Crippen LogP contribution in [0.25, 0.3) is 0 Å². The Morgan fingerprint density at radius 2 is 2.00 bits per heavy atom. The molecule has 0 spiro atoms. The first-order valence-corrected chi connectivity index (χ1v) is 11.8. The Morgan fingerprint density at radius 1 is 1.11 bits per heavy atom. The molecule has 2 aromatic heterocycles. The molecule has 0 unspecified atom stereocenters. The summed E-state index contributed by atoms with van der Waals surface area (Å²) in [6.07, 6.45) is 1.03. The van der Waals surface area contributed by atoms with E-state index >= 15 is 0 Å². The number of thiophene rings is 2. The molecule has 0 saturated heterocycles. The average molecular weight is 415 g/mol. The van der Waals surface area contributed by atoms with Gasteiger partial charge >= 0.3 is 0 Å². The topological polar surface area (TPSA) is 32.3 Å². The second kappa shape index (κ2) is 9.06. The summed E-state index contributed by atoms with van der Waals surface area (Å²) in [6.45, 7) is 2.08. The number of benzene rings is 1. The van der Waals surface area contributed by atoms with Crippen molar-refractivity contribution in [2.24, 2.45) is 0 Å². The molecule has 1 amide bonds. The van der Waals surface area contributed by atoms with Gasteiger partial charge in [-0.15, -0.1) is 34.4 Å². The molecule has 6 heteroatoms.